The van der Waals surface area contributed by atoms with Crippen LogP contribution in [0.3, 0.4) is 0 Å². The summed E-state index contributed by atoms with van der Waals surface area (Å²) in [5, 5.41) is 0.850. The third-order valence-electron chi connectivity index (χ3n) is 5.68. The zero-order valence-electron chi connectivity index (χ0n) is 17.2. The third kappa shape index (κ3) is 3.53. The largest absolute Gasteiger partial charge is 0.497 e. The molecule has 156 valence electrons. The SMILES string of the molecule is COc1ccc(-c2c3c(nc4sc(C(=O)OCc5ccccc5)c(N)c24)CCC3)cc1. The van der Waals surface area contributed by atoms with Gasteiger partial charge in [-0.2, -0.15) is 0 Å². The molecule has 5 nitrogen and oxygen atoms in total. The molecule has 0 unspecified atom stereocenters. The van der Waals surface area contributed by atoms with Crippen molar-refractivity contribution in [3.05, 3.63) is 76.3 Å². The number of rotatable bonds is 5. The Morgan fingerprint density at radius 1 is 1.10 bits per heavy atom. The molecule has 2 aromatic carbocycles. The Morgan fingerprint density at radius 3 is 2.61 bits per heavy atom. The summed E-state index contributed by atoms with van der Waals surface area (Å²) in [5.74, 6) is 0.388. The van der Waals surface area contributed by atoms with Crippen LogP contribution in [0.1, 0.15) is 32.9 Å². The number of nitrogen functional groups attached to an aromatic ring is 1. The molecule has 0 saturated carbocycles. The summed E-state index contributed by atoms with van der Waals surface area (Å²) in [4.78, 5) is 18.9. The predicted octanol–water partition coefficient (Wildman–Crippen LogP) is 5.40. The molecule has 1 aliphatic carbocycles. The molecule has 6 heteroatoms. The van der Waals surface area contributed by atoms with Gasteiger partial charge in [0.05, 0.1) is 12.8 Å². The number of benzene rings is 2. The number of methoxy groups -OCH3 is 1. The van der Waals surface area contributed by atoms with E-state index in [1.165, 1.54) is 16.9 Å². The molecule has 1 aliphatic rings. The zero-order chi connectivity index (χ0) is 21.4. The van der Waals surface area contributed by atoms with E-state index in [1.807, 2.05) is 54.6 Å². The summed E-state index contributed by atoms with van der Waals surface area (Å²) >= 11 is 1.31. The highest BCUT2D eigenvalue weighted by atomic mass is 32.1. The highest BCUT2D eigenvalue weighted by molar-refractivity contribution is 7.21. The van der Waals surface area contributed by atoms with E-state index >= 15 is 0 Å². The second-order valence-corrected chi connectivity index (χ2v) is 8.58. The number of esters is 1. The van der Waals surface area contributed by atoms with Crippen LogP contribution in [0.15, 0.2) is 54.6 Å². The molecule has 0 bridgehead atoms. The minimum atomic E-state index is -0.412. The Kier molecular flexibility index (Phi) is 5.08. The first kappa shape index (κ1) is 19.6. The molecule has 0 atom stereocenters. The number of nitrogens with zero attached hydrogens (tertiary/aromatic N) is 1. The number of hydrogen-bond donors (Lipinski definition) is 1. The van der Waals surface area contributed by atoms with Crippen molar-refractivity contribution in [1.29, 1.82) is 0 Å². The molecule has 0 aliphatic heterocycles. The zero-order valence-corrected chi connectivity index (χ0v) is 18.0. The molecule has 0 saturated heterocycles. The lowest BCUT2D eigenvalue weighted by atomic mass is 9.96. The Labute approximate surface area is 184 Å². The van der Waals surface area contributed by atoms with Crippen molar-refractivity contribution in [3.8, 4) is 16.9 Å². The number of carbonyl (C=O) groups is 1. The van der Waals surface area contributed by atoms with E-state index in [0.29, 0.717) is 10.6 Å². The first-order valence-corrected chi connectivity index (χ1v) is 11.1. The second-order valence-electron chi connectivity index (χ2n) is 7.58. The Morgan fingerprint density at radius 2 is 1.87 bits per heavy atom. The molecule has 0 spiro atoms. The molecule has 5 rings (SSSR count). The van der Waals surface area contributed by atoms with E-state index in [2.05, 4.69) is 0 Å². The van der Waals surface area contributed by atoms with E-state index < -0.39 is 5.97 Å². The Bertz CT molecular complexity index is 1260. The highest BCUT2D eigenvalue weighted by Gasteiger charge is 2.27. The van der Waals surface area contributed by atoms with E-state index in [4.69, 9.17) is 20.2 Å². The molecule has 0 fully saturated rings. The van der Waals surface area contributed by atoms with Gasteiger partial charge in [0.25, 0.3) is 0 Å². The average Bonchev–Trinajstić information content (AvgIpc) is 3.41. The quantitative estimate of drug-likeness (QED) is 0.429. The number of pyridine rings is 1. The normalized spacial score (nSPS) is 12.7. The molecule has 2 aromatic heterocycles. The molecule has 0 radical (unpaired) electrons. The van der Waals surface area contributed by atoms with Crippen LogP contribution in [0.4, 0.5) is 5.69 Å². The standard InChI is InChI=1S/C25H22N2O3S/c1-29-17-12-10-16(11-13-17)20-18-8-5-9-19(18)27-24-21(20)22(26)23(31-24)25(28)30-14-15-6-3-2-4-7-15/h2-4,6-7,10-13H,5,8-9,14,26H2,1H3. The lowest BCUT2D eigenvalue weighted by molar-refractivity contribution is 0.0480. The smallest absolute Gasteiger partial charge is 0.350 e. The fraction of sp³-hybridized carbons (Fsp3) is 0.200. The summed E-state index contributed by atoms with van der Waals surface area (Å²) in [6, 6.07) is 17.6. The van der Waals surface area contributed by atoms with Crippen LogP contribution in [0, 0.1) is 0 Å². The fourth-order valence-corrected chi connectivity index (χ4v) is 5.18. The summed E-state index contributed by atoms with van der Waals surface area (Å²) in [5.41, 5.74) is 12.4. The van der Waals surface area contributed by atoms with Crippen LogP contribution in [-0.4, -0.2) is 18.1 Å². The van der Waals surface area contributed by atoms with E-state index in [1.54, 1.807) is 7.11 Å². The average molecular weight is 431 g/mol. The molecular formula is C25H22N2O3S. The maximum absolute atomic E-state index is 12.9. The van der Waals surface area contributed by atoms with Crippen molar-refractivity contribution < 1.29 is 14.3 Å². The van der Waals surface area contributed by atoms with Gasteiger partial charge in [0.15, 0.2) is 0 Å². The monoisotopic (exact) mass is 430 g/mol. The molecule has 2 heterocycles. The summed E-state index contributed by atoms with van der Waals surface area (Å²) in [7, 11) is 1.65. The van der Waals surface area contributed by atoms with Crippen LogP contribution in [0.25, 0.3) is 21.3 Å². The first-order chi connectivity index (χ1) is 15.2. The lowest BCUT2D eigenvalue weighted by Crippen LogP contribution is -2.05. The van der Waals surface area contributed by atoms with Crippen LogP contribution in [0.2, 0.25) is 0 Å². The minimum Gasteiger partial charge on any atom is -0.497 e. The molecular weight excluding hydrogens is 408 g/mol. The number of nitrogens with two attached hydrogens (primary N) is 1. The molecule has 4 aromatic rings. The van der Waals surface area contributed by atoms with Crippen molar-refractivity contribution in [2.75, 3.05) is 12.8 Å². The number of carbonyl (C=O) groups excluding carboxylic acids is 1. The van der Waals surface area contributed by atoms with Crippen molar-refractivity contribution in [2.24, 2.45) is 0 Å². The fourth-order valence-electron chi connectivity index (χ4n) is 4.16. The number of hydrogen-bond acceptors (Lipinski definition) is 6. The van der Waals surface area contributed by atoms with Crippen LogP contribution >= 0.6 is 11.3 Å². The van der Waals surface area contributed by atoms with Gasteiger partial charge >= 0.3 is 5.97 Å². The number of aryl methyl sites for hydroxylation is 1. The third-order valence-corrected chi connectivity index (χ3v) is 6.76. The molecule has 31 heavy (non-hydrogen) atoms. The maximum Gasteiger partial charge on any atom is 0.350 e. The van der Waals surface area contributed by atoms with Gasteiger partial charge in [0.1, 0.15) is 22.1 Å². The van der Waals surface area contributed by atoms with Crippen molar-refractivity contribution in [3.63, 3.8) is 0 Å². The first-order valence-electron chi connectivity index (χ1n) is 10.2. The Balaban J connectivity index is 1.58. The highest BCUT2D eigenvalue weighted by Crippen LogP contribution is 2.44. The summed E-state index contributed by atoms with van der Waals surface area (Å²) in [6.45, 7) is 0.211. The van der Waals surface area contributed by atoms with Crippen LogP contribution in [0.5, 0.6) is 5.75 Å². The number of thiophene rings is 1. The topological polar surface area (TPSA) is 74.4 Å². The number of ether oxygens (including phenoxy) is 2. The van der Waals surface area contributed by atoms with Gasteiger partial charge in [0.2, 0.25) is 0 Å². The van der Waals surface area contributed by atoms with Crippen LogP contribution < -0.4 is 10.5 Å². The van der Waals surface area contributed by atoms with Crippen molar-refractivity contribution >= 4 is 33.2 Å². The van der Waals surface area contributed by atoms with Crippen molar-refractivity contribution in [2.45, 2.75) is 25.9 Å². The Hall–Kier alpha value is -3.38. The summed E-state index contributed by atoms with van der Waals surface area (Å²) in [6.07, 6.45) is 2.98. The predicted molar refractivity (Wildman–Crippen MR) is 124 cm³/mol. The van der Waals surface area contributed by atoms with E-state index in [-0.39, 0.29) is 6.61 Å². The molecule has 0 amide bonds. The van der Waals surface area contributed by atoms with E-state index in [9.17, 15) is 4.79 Å². The van der Waals surface area contributed by atoms with Gasteiger partial charge in [-0.3, -0.25) is 0 Å². The van der Waals surface area contributed by atoms with Gasteiger partial charge in [-0.05, 0) is 53.6 Å². The van der Waals surface area contributed by atoms with Gasteiger partial charge < -0.3 is 15.2 Å². The number of fused-ring (bicyclic) bond motifs is 2. The number of anilines is 1. The minimum absolute atomic E-state index is 0.211. The lowest BCUT2D eigenvalue weighted by Gasteiger charge is -2.12. The summed E-state index contributed by atoms with van der Waals surface area (Å²) < 4.78 is 10.9. The van der Waals surface area contributed by atoms with Crippen LogP contribution in [-0.2, 0) is 24.2 Å². The van der Waals surface area contributed by atoms with Gasteiger partial charge in [-0.25, -0.2) is 9.78 Å². The van der Waals surface area contributed by atoms with E-state index in [0.717, 1.165) is 57.6 Å². The number of aromatic nitrogens is 1. The van der Waals surface area contributed by atoms with Gasteiger partial charge in [0, 0.05) is 11.1 Å². The second kappa shape index (κ2) is 8.04. The van der Waals surface area contributed by atoms with Gasteiger partial charge in [-0.15, -0.1) is 11.3 Å². The molecule has 2 N–H and O–H groups in total. The van der Waals surface area contributed by atoms with Crippen molar-refractivity contribution in [1.82, 2.24) is 4.98 Å². The van der Waals surface area contributed by atoms with Gasteiger partial charge in [-0.1, -0.05) is 42.5 Å². The maximum atomic E-state index is 12.9.